The fourth-order valence-electron chi connectivity index (χ4n) is 3.51. The average molecular weight is 380 g/mol. The predicted molar refractivity (Wildman–Crippen MR) is 102 cm³/mol. The first-order valence-corrected chi connectivity index (χ1v) is 10.6. The lowest BCUT2D eigenvalue weighted by atomic mass is 9.95. The number of ether oxygens (including phenoxy) is 2. The molecule has 1 saturated heterocycles. The van der Waals surface area contributed by atoms with Gasteiger partial charge in [0.05, 0.1) is 6.61 Å². The van der Waals surface area contributed by atoms with E-state index < -0.39 is 6.29 Å². The summed E-state index contributed by atoms with van der Waals surface area (Å²) >= 11 is 1.66. The summed E-state index contributed by atoms with van der Waals surface area (Å²) in [5.74, 6) is 0.535. The van der Waals surface area contributed by atoms with E-state index in [0.717, 1.165) is 25.9 Å². The van der Waals surface area contributed by atoms with Gasteiger partial charge in [0.15, 0.2) is 5.76 Å². The van der Waals surface area contributed by atoms with Gasteiger partial charge in [0.2, 0.25) is 6.29 Å². The second-order valence-electron chi connectivity index (χ2n) is 6.99. The summed E-state index contributed by atoms with van der Waals surface area (Å²) in [4.78, 5) is 15.0. The Labute approximate surface area is 159 Å². The monoisotopic (exact) mass is 379 g/mol. The topological polar surface area (TPSA) is 59.0 Å². The summed E-state index contributed by atoms with van der Waals surface area (Å²) in [5, 5.41) is 13.1. The highest BCUT2D eigenvalue weighted by atomic mass is 32.1. The van der Waals surface area contributed by atoms with E-state index in [1.165, 1.54) is 24.8 Å². The number of nitrogens with zero attached hydrogens (tertiary/aromatic N) is 1. The molecule has 2 atom stereocenters. The number of aliphatic hydroxyl groups is 1. The fraction of sp³-hybridized carbons (Fsp3) is 0.650. The number of hydrogen-bond acceptors (Lipinski definition) is 5. The van der Waals surface area contributed by atoms with Crippen molar-refractivity contribution >= 4 is 17.2 Å². The Morgan fingerprint density at radius 3 is 2.73 bits per heavy atom. The van der Waals surface area contributed by atoms with Crippen LogP contribution in [0.4, 0.5) is 0 Å². The molecule has 0 aliphatic carbocycles. The van der Waals surface area contributed by atoms with Gasteiger partial charge in [-0.25, -0.2) is 0 Å². The van der Waals surface area contributed by atoms with Gasteiger partial charge in [-0.2, -0.15) is 11.3 Å². The van der Waals surface area contributed by atoms with Crippen LogP contribution < -0.4 is 0 Å². The zero-order valence-corrected chi connectivity index (χ0v) is 16.1. The SMILES string of the molecule is O=C(C1=C[C@H](c2ccsc2)C[C@H](OCCCO)O1)N1CCCCCCC1. The van der Waals surface area contributed by atoms with E-state index in [2.05, 4.69) is 16.8 Å². The minimum atomic E-state index is -0.440. The van der Waals surface area contributed by atoms with E-state index in [0.29, 0.717) is 25.2 Å². The van der Waals surface area contributed by atoms with Crippen LogP contribution in [0.15, 0.2) is 28.7 Å². The molecule has 1 aromatic rings. The Morgan fingerprint density at radius 1 is 1.27 bits per heavy atom. The quantitative estimate of drug-likeness (QED) is 0.767. The van der Waals surface area contributed by atoms with Crippen LogP contribution >= 0.6 is 11.3 Å². The Morgan fingerprint density at radius 2 is 2.04 bits per heavy atom. The molecular formula is C20H29NO4S. The van der Waals surface area contributed by atoms with E-state index >= 15 is 0 Å². The van der Waals surface area contributed by atoms with Gasteiger partial charge in [-0.05, 0) is 47.7 Å². The third kappa shape index (κ3) is 5.32. The van der Waals surface area contributed by atoms with E-state index in [4.69, 9.17) is 14.6 Å². The minimum absolute atomic E-state index is 0.0115. The number of carbonyl (C=O) groups excluding carboxylic acids is 1. The van der Waals surface area contributed by atoms with Gasteiger partial charge in [0, 0.05) is 32.0 Å². The highest BCUT2D eigenvalue weighted by Gasteiger charge is 2.31. The molecule has 0 spiro atoms. The smallest absolute Gasteiger partial charge is 0.288 e. The molecule has 1 aromatic heterocycles. The van der Waals surface area contributed by atoms with E-state index in [9.17, 15) is 4.79 Å². The maximum atomic E-state index is 13.0. The minimum Gasteiger partial charge on any atom is -0.459 e. The van der Waals surface area contributed by atoms with Gasteiger partial charge in [0.1, 0.15) is 0 Å². The third-order valence-electron chi connectivity index (χ3n) is 4.99. The summed E-state index contributed by atoms with van der Waals surface area (Å²) in [6.45, 7) is 2.14. The van der Waals surface area contributed by atoms with Gasteiger partial charge in [-0.15, -0.1) is 0 Å². The summed E-state index contributed by atoms with van der Waals surface area (Å²) in [7, 11) is 0. The molecule has 6 heteroatoms. The summed E-state index contributed by atoms with van der Waals surface area (Å²) in [6.07, 6.45) is 8.55. The van der Waals surface area contributed by atoms with Crippen molar-refractivity contribution < 1.29 is 19.4 Å². The molecule has 0 unspecified atom stereocenters. The van der Waals surface area contributed by atoms with Crippen LogP contribution in [0.1, 0.15) is 56.4 Å². The highest BCUT2D eigenvalue weighted by Crippen LogP contribution is 2.33. The van der Waals surface area contributed by atoms with Gasteiger partial charge in [-0.3, -0.25) is 4.79 Å². The standard InChI is InChI=1S/C20H29NO4S/c22-10-6-11-24-19-14-17(16-7-12-26-15-16)13-18(25-19)20(23)21-8-4-2-1-3-5-9-21/h7,12-13,15,17,19,22H,1-6,8-11,14H2/t17-,19+/m0/s1. The molecule has 1 amide bonds. The van der Waals surface area contributed by atoms with Gasteiger partial charge >= 0.3 is 0 Å². The molecule has 0 radical (unpaired) electrons. The molecule has 26 heavy (non-hydrogen) atoms. The summed E-state index contributed by atoms with van der Waals surface area (Å²) in [5.41, 5.74) is 1.20. The van der Waals surface area contributed by atoms with Crippen LogP contribution in [0.3, 0.4) is 0 Å². The Bertz CT molecular complexity index is 579. The van der Waals surface area contributed by atoms with Crippen LogP contribution in [0.2, 0.25) is 0 Å². The van der Waals surface area contributed by atoms with Crippen molar-refractivity contribution in [3.63, 3.8) is 0 Å². The number of likely N-dealkylation sites (tertiary alicyclic amines) is 1. The zero-order chi connectivity index (χ0) is 18.2. The van der Waals surface area contributed by atoms with E-state index in [1.54, 1.807) is 11.3 Å². The number of hydrogen-bond donors (Lipinski definition) is 1. The van der Waals surface area contributed by atoms with Crippen LogP contribution in [-0.4, -0.2) is 48.5 Å². The zero-order valence-electron chi connectivity index (χ0n) is 15.3. The lowest BCUT2D eigenvalue weighted by molar-refractivity contribution is -0.153. The molecule has 2 aliphatic rings. The second-order valence-corrected chi connectivity index (χ2v) is 7.77. The molecule has 144 valence electrons. The molecule has 0 bridgehead atoms. The van der Waals surface area contributed by atoms with Crippen molar-refractivity contribution in [2.24, 2.45) is 0 Å². The third-order valence-corrected chi connectivity index (χ3v) is 5.69. The number of amides is 1. The molecular weight excluding hydrogens is 350 g/mol. The van der Waals surface area contributed by atoms with Crippen LogP contribution in [-0.2, 0) is 14.3 Å². The van der Waals surface area contributed by atoms with Gasteiger partial charge < -0.3 is 19.5 Å². The molecule has 5 nitrogen and oxygen atoms in total. The van der Waals surface area contributed by atoms with Crippen LogP contribution in [0, 0.1) is 0 Å². The maximum Gasteiger partial charge on any atom is 0.288 e. The van der Waals surface area contributed by atoms with Crippen molar-refractivity contribution in [3.05, 3.63) is 34.2 Å². The van der Waals surface area contributed by atoms with Crippen molar-refractivity contribution in [2.45, 2.75) is 57.2 Å². The molecule has 3 rings (SSSR count). The van der Waals surface area contributed by atoms with Crippen LogP contribution in [0.5, 0.6) is 0 Å². The van der Waals surface area contributed by atoms with Gasteiger partial charge in [-0.1, -0.05) is 19.3 Å². The summed E-state index contributed by atoms with van der Waals surface area (Å²) < 4.78 is 11.7. The molecule has 0 saturated carbocycles. The van der Waals surface area contributed by atoms with Crippen molar-refractivity contribution in [1.82, 2.24) is 4.90 Å². The molecule has 0 aromatic carbocycles. The lowest BCUT2D eigenvalue weighted by Gasteiger charge is -2.32. The Kier molecular flexibility index (Phi) is 7.53. The first-order valence-electron chi connectivity index (χ1n) is 9.70. The normalized spacial score (nSPS) is 24.3. The van der Waals surface area contributed by atoms with E-state index in [1.807, 2.05) is 11.0 Å². The highest BCUT2D eigenvalue weighted by molar-refractivity contribution is 7.08. The lowest BCUT2D eigenvalue weighted by Crippen LogP contribution is -2.38. The first-order chi connectivity index (χ1) is 12.8. The number of carbonyl (C=O) groups is 1. The number of thiophene rings is 1. The number of rotatable bonds is 6. The molecule has 1 N–H and O–H groups in total. The predicted octanol–water partition coefficient (Wildman–Crippen LogP) is 3.65. The molecule has 1 fully saturated rings. The molecule has 3 heterocycles. The van der Waals surface area contributed by atoms with Crippen molar-refractivity contribution in [2.75, 3.05) is 26.3 Å². The van der Waals surface area contributed by atoms with Gasteiger partial charge in [0.25, 0.3) is 5.91 Å². The second kappa shape index (κ2) is 10.1. The van der Waals surface area contributed by atoms with Crippen molar-refractivity contribution in [3.8, 4) is 0 Å². The van der Waals surface area contributed by atoms with Crippen LogP contribution in [0.25, 0.3) is 0 Å². The Balaban J connectivity index is 1.72. The number of aliphatic hydroxyl groups excluding tert-OH is 1. The molecule has 2 aliphatic heterocycles. The number of allylic oxidation sites excluding steroid dienone is 1. The largest absolute Gasteiger partial charge is 0.459 e. The fourth-order valence-corrected chi connectivity index (χ4v) is 4.24. The average Bonchev–Trinajstić information content (AvgIpc) is 3.16. The Hall–Kier alpha value is -1.37. The van der Waals surface area contributed by atoms with Crippen molar-refractivity contribution in [1.29, 1.82) is 0 Å². The maximum absolute atomic E-state index is 13.0. The summed E-state index contributed by atoms with van der Waals surface area (Å²) in [6, 6.07) is 2.10. The van der Waals surface area contributed by atoms with E-state index in [-0.39, 0.29) is 18.4 Å². The first kappa shape index (κ1) is 19.4.